The topological polar surface area (TPSA) is 38.9 Å². The molecular weight excluding hydrogens is 220 g/mol. The second kappa shape index (κ2) is 5.07. The van der Waals surface area contributed by atoms with Gasteiger partial charge in [-0.05, 0) is 30.4 Å². The van der Waals surface area contributed by atoms with Gasteiger partial charge in [0.25, 0.3) is 0 Å². The van der Waals surface area contributed by atoms with E-state index in [1.165, 1.54) is 43.1 Å². The highest BCUT2D eigenvalue weighted by molar-refractivity contribution is 5.82. The number of fused-ring (bicyclic) bond motifs is 1. The minimum Gasteiger partial charge on any atom is -0.324 e. The molecular formula is C16H20N2. The first-order valence-electron chi connectivity index (χ1n) is 6.95. The van der Waals surface area contributed by atoms with E-state index in [0.717, 1.165) is 5.52 Å². The van der Waals surface area contributed by atoms with E-state index in [-0.39, 0.29) is 6.04 Å². The number of hydrogen-bond acceptors (Lipinski definition) is 2. The van der Waals surface area contributed by atoms with Gasteiger partial charge in [-0.1, -0.05) is 43.5 Å². The molecule has 0 bridgehead atoms. The fourth-order valence-electron chi connectivity index (χ4n) is 3.14. The molecule has 0 radical (unpaired) electrons. The van der Waals surface area contributed by atoms with Gasteiger partial charge in [0.2, 0.25) is 0 Å². The van der Waals surface area contributed by atoms with E-state index in [4.69, 9.17) is 5.73 Å². The molecule has 1 atom stereocenters. The number of benzene rings is 1. The van der Waals surface area contributed by atoms with Crippen LogP contribution in [0, 0.1) is 5.92 Å². The predicted molar refractivity (Wildman–Crippen MR) is 75.2 cm³/mol. The summed E-state index contributed by atoms with van der Waals surface area (Å²) in [6.45, 7) is 0. The second-order valence-corrected chi connectivity index (χ2v) is 5.35. The molecule has 1 saturated carbocycles. The van der Waals surface area contributed by atoms with Gasteiger partial charge in [0.1, 0.15) is 0 Å². The summed E-state index contributed by atoms with van der Waals surface area (Å²) < 4.78 is 0. The van der Waals surface area contributed by atoms with Crippen LogP contribution in [0.1, 0.15) is 43.7 Å². The fraction of sp³-hybridized carbons (Fsp3) is 0.438. The molecule has 1 fully saturated rings. The molecule has 1 unspecified atom stereocenters. The highest BCUT2D eigenvalue weighted by Crippen LogP contribution is 2.34. The zero-order valence-corrected chi connectivity index (χ0v) is 10.7. The van der Waals surface area contributed by atoms with Crippen LogP contribution in [0.25, 0.3) is 10.9 Å². The van der Waals surface area contributed by atoms with Crippen LogP contribution in [0.3, 0.4) is 0 Å². The van der Waals surface area contributed by atoms with E-state index in [0.29, 0.717) is 5.92 Å². The molecule has 1 heterocycles. The van der Waals surface area contributed by atoms with Gasteiger partial charge in [0.15, 0.2) is 0 Å². The summed E-state index contributed by atoms with van der Waals surface area (Å²) in [7, 11) is 0. The van der Waals surface area contributed by atoms with Crippen molar-refractivity contribution in [2.45, 2.75) is 38.1 Å². The molecule has 2 heteroatoms. The lowest BCUT2D eigenvalue weighted by atomic mass is 9.81. The molecule has 2 aromatic rings. The summed E-state index contributed by atoms with van der Waals surface area (Å²) in [4.78, 5) is 4.52. The molecule has 1 aliphatic rings. The average molecular weight is 240 g/mol. The first kappa shape index (κ1) is 11.7. The SMILES string of the molecule is NC(c1cccc2cccnc12)C1CCCCC1. The van der Waals surface area contributed by atoms with Crippen LogP contribution in [0.2, 0.25) is 0 Å². The molecule has 0 aliphatic heterocycles. The Bertz CT molecular complexity index is 524. The van der Waals surface area contributed by atoms with Crippen molar-refractivity contribution in [1.82, 2.24) is 4.98 Å². The third-order valence-corrected chi connectivity index (χ3v) is 4.18. The summed E-state index contributed by atoms with van der Waals surface area (Å²) in [5.41, 5.74) is 8.80. The number of pyridine rings is 1. The van der Waals surface area contributed by atoms with Gasteiger partial charge >= 0.3 is 0 Å². The highest BCUT2D eigenvalue weighted by Gasteiger charge is 2.23. The van der Waals surface area contributed by atoms with Crippen molar-refractivity contribution in [3.63, 3.8) is 0 Å². The normalized spacial score (nSPS) is 18.9. The highest BCUT2D eigenvalue weighted by atomic mass is 14.7. The first-order valence-corrected chi connectivity index (χ1v) is 6.95. The molecule has 1 aromatic heterocycles. The lowest BCUT2D eigenvalue weighted by Crippen LogP contribution is -2.23. The van der Waals surface area contributed by atoms with E-state index in [2.05, 4.69) is 29.2 Å². The van der Waals surface area contributed by atoms with Crippen molar-refractivity contribution in [1.29, 1.82) is 0 Å². The Morgan fingerprint density at radius 2 is 1.83 bits per heavy atom. The Morgan fingerprint density at radius 1 is 1.06 bits per heavy atom. The predicted octanol–water partition coefficient (Wildman–Crippen LogP) is 3.81. The van der Waals surface area contributed by atoms with Crippen molar-refractivity contribution < 1.29 is 0 Å². The summed E-state index contributed by atoms with van der Waals surface area (Å²) in [5.74, 6) is 0.631. The maximum Gasteiger partial charge on any atom is 0.0749 e. The van der Waals surface area contributed by atoms with Gasteiger partial charge in [-0.3, -0.25) is 4.98 Å². The zero-order valence-electron chi connectivity index (χ0n) is 10.7. The van der Waals surface area contributed by atoms with Gasteiger partial charge in [0.05, 0.1) is 5.52 Å². The lowest BCUT2D eigenvalue weighted by Gasteiger charge is -2.28. The van der Waals surface area contributed by atoms with E-state index >= 15 is 0 Å². The Kier molecular flexibility index (Phi) is 3.28. The summed E-state index contributed by atoms with van der Waals surface area (Å²) in [5, 5.41) is 1.20. The molecule has 3 rings (SSSR count). The lowest BCUT2D eigenvalue weighted by molar-refractivity contribution is 0.309. The van der Waals surface area contributed by atoms with E-state index in [1.807, 2.05) is 12.3 Å². The minimum absolute atomic E-state index is 0.142. The van der Waals surface area contributed by atoms with Crippen molar-refractivity contribution in [3.05, 3.63) is 42.1 Å². The molecule has 1 aliphatic carbocycles. The molecule has 18 heavy (non-hydrogen) atoms. The van der Waals surface area contributed by atoms with Crippen LogP contribution in [-0.4, -0.2) is 4.98 Å². The van der Waals surface area contributed by atoms with Gasteiger partial charge in [-0.25, -0.2) is 0 Å². The monoisotopic (exact) mass is 240 g/mol. The minimum atomic E-state index is 0.142. The number of hydrogen-bond donors (Lipinski definition) is 1. The third kappa shape index (κ3) is 2.13. The van der Waals surface area contributed by atoms with Crippen molar-refractivity contribution in [2.75, 3.05) is 0 Å². The molecule has 2 nitrogen and oxygen atoms in total. The summed E-state index contributed by atoms with van der Waals surface area (Å²) >= 11 is 0. The number of rotatable bonds is 2. The third-order valence-electron chi connectivity index (χ3n) is 4.18. The van der Waals surface area contributed by atoms with Crippen LogP contribution >= 0.6 is 0 Å². The number of nitrogens with two attached hydrogens (primary N) is 1. The van der Waals surface area contributed by atoms with E-state index in [1.54, 1.807) is 0 Å². The van der Waals surface area contributed by atoms with Gasteiger partial charge in [0, 0.05) is 17.6 Å². The van der Waals surface area contributed by atoms with Crippen LogP contribution in [0.4, 0.5) is 0 Å². The maximum atomic E-state index is 6.50. The van der Waals surface area contributed by atoms with E-state index < -0.39 is 0 Å². The number of nitrogens with zero attached hydrogens (tertiary/aromatic N) is 1. The van der Waals surface area contributed by atoms with Crippen molar-refractivity contribution >= 4 is 10.9 Å². The Hall–Kier alpha value is -1.41. The van der Waals surface area contributed by atoms with Gasteiger partial charge in [-0.2, -0.15) is 0 Å². The summed E-state index contributed by atoms with van der Waals surface area (Å²) in [6.07, 6.45) is 8.43. The average Bonchev–Trinajstić information content (AvgIpc) is 2.47. The van der Waals surface area contributed by atoms with Crippen LogP contribution in [-0.2, 0) is 0 Å². The molecule has 0 amide bonds. The second-order valence-electron chi connectivity index (χ2n) is 5.35. The molecule has 94 valence electrons. The maximum absolute atomic E-state index is 6.50. The van der Waals surface area contributed by atoms with Crippen LogP contribution in [0.15, 0.2) is 36.5 Å². The quantitative estimate of drug-likeness (QED) is 0.866. The van der Waals surface area contributed by atoms with Gasteiger partial charge in [-0.15, -0.1) is 0 Å². The van der Waals surface area contributed by atoms with Crippen LogP contribution in [0.5, 0.6) is 0 Å². The fourth-order valence-corrected chi connectivity index (χ4v) is 3.14. The number of aromatic nitrogens is 1. The Balaban J connectivity index is 1.97. The standard InChI is InChI=1S/C16H20N2/c17-15(12-6-2-1-3-7-12)14-10-4-8-13-9-5-11-18-16(13)14/h4-5,8-12,15H,1-3,6-7,17H2. The Morgan fingerprint density at radius 3 is 2.67 bits per heavy atom. The smallest absolute Gasteiger partial charge is 0.0749 e. The molecule has 0 spiro atoms. The molecule has 2 N–H and O–H groups in total. The molecule has 0 saturated heterocycles. The van der Waals surface area contributed by atoms with Gasteiger partial charge < -0.3 is 5.73 Å². The first-order chi connectivity index (χ1) is 8.86. The zero-order chi connectivity index (χ0) is 12.4. The number of para-hydroxylation sites is 1. The Labute approximate surface area is 108 Å². The molecule has 1 aromatic carbocycles. The van der Waals surface area contributed by atoms with E-state index in [9.17, 15) is 0 Å². The largest absolute Gasteiger partial charge is 0.324 e. The van der Waals surface area contributed by atoms with Crippen molar-refractivity contribution in [3.8, 4) is 0 Å². The van der Waals surface area contributed by atoms with Crippen LogP contribution < -0.4 is 5.73 Å². The summed E-state index contributed by atoms with van der Waals surface area (Å²) in [6, 6.07) is 10.6. The van der Waals surface area contributed by atoms with Crippen molar-refractivity contribution in [2.24, 2.45) is 11.7 Å².